The molecule has 0 unspecified atom stereocenters. The number of carbonyl (C=O) groups is 1. The minimum absolute atomic E-state index is 0.302. The van der Waals surface area contributed by atoms with Crippen molar-refractivity contribution < 1.29 is 9.53 Å². The van der Waals surface area contributed by atoms with Crippen LogP contribution in [0.15, 0.2) is 42.5 Å². The van der Waals surface area contributed by atoms with Gasteiger partial charge in [-0.1, -0.05) is 41.9 Å². The number of ether oxygens (including phenoxy) is 1. The summed E-state index contributed by atoms with van der Waals surface area (Å²) in [5.74, 6) is 5.03. The van der Waals surface area contributed by atoms with E-state index in [0.29, 0.717) is 16.3 Å². The lowest BCUT2D eigenvalue weighted by Gasteiger charge is -2.12. The van der Waals surface area contributed by atoms with Crippen molar-refractivity contribution in [1.82, 2.24) is 5.43 Å². The van der Waals surface area contributed by atoms with E-state index in [1.54, 1.807) is 12.1 Å². The molecular weight excluding hydrogens is 264 g/mol. The summed E-state index contributed by atoms with van der Waals surface area (Å²) in [5, 5.41) is 0.363. The monoisotopic (exact) mass is 276 g/mol. The topological polar surface area (TPSA) is 64.3 Å². The van der Waals surface area contributed by atoms with E-state index in [4.69, 9.17) is 22.2 Å². The lowest BCUT2D eigenvalue weighted by Crippen LogP contribution is -2.30. The van der Waals surface area contributed by atoms with Gasteiger partial charge in [0.05, 0.1) is 17.7 Å². The first-order chi connectivity index (χ1) is 9.17. The van der Waals surface area contributed by atoms with Crippen LogP contribution in [0.2, 0.25) is 5.02 Å². The Balaban J connectivity index is 2.60. The van der Waals surface area contributed by atoms with Gasteiger partial charge in [-0.15, -0.1) is 0 Å². The number of carbonyl (C=O) groups excluding carboxylic acids is 1. The zero-order valence-electron chi connectivity index (χ0n) is 10.3. The molecular formula is C14H13ClN2O2. The molecule has 5 heteroatoms. The van der Waals surface area contributed by atoms with E-state index in [-0.39, 0.29) is 0 Å². The molecule has 0 aromatic heterocycles. The number of hydrogen-bond donors (Lipinski definition) is 2. The Labute approximate surface area is 116 Å². The molecule has 0 heterocycles. The van der Waals surface area contributed by atoms with E-state index in [2.05, 4.69) is 5.43 Å². The van der Waals surface area contributed by atoms with Crippen LogP contribution in [0.1, 0.15) is 10.4 Å². The molecule has 0 bridgehead atoms. The molecule has 0 atom stereocenters. The summed E-state index contributed by atoms with van der Waals surface area (Å²) in [6, 6.07) is 13.1. The second kappa shape index (κ2) is 5.73. The third kappa shape index (κ3) is 2.70. The molecule has 0 fully saturated rings. The number of amides is 1. The quantitative estimate of drug-likeness (QED) is 0.514. The standard InChI is InChI=1S/C14H13ClN2O2/c1-19-13-11(14(18)17-16)7-10(8-12(13)15)9-5-3-2-4-6-9/h2-8H,16H2,1H3,(H,17,18). The molecule has 19 heavy (non-hydrogen) atoms. The number of benzene rings is 2. The molecule has 0 radical (unpaired) electrons. The van der Waals surface area contributed by atoms with Crippen LogP contribution in [0.5, 0.6) is 5.75 Å². The fourth-order valence-corrected chi connectivity index (χ4v) is 2.14. The van der Waals surface area contributed by atoms with Gasteiger partial charge in [0.2, 0.25) is 0 Å². The zero-order valence-corrected chi connectivity index (χ0v) is 11.1. The van der Waals surface area contributed by atoms with E-state index in [1.165, 1.54) is 7.11 Å². The molecule has 2 aromatic rings. The van der Waals surface area contributed by atoms with Crippen LogP contribution < -0.4 is 16.0 Å². The normalized spacial score (nSPS) is 10.1. The summed E-state index contributed by atoms with van der Waals surface area (Å²) in [6.45, 7) is 0. The molecule has 3 N–H and O–H groups in total. The Bertz CT molecular complexity index is 600. The SMILES string of the molecule is COc1c(Cl)cc(-c2ccccc2)cc1C(=O)NN. The highest BCUT2D eigenvalue weighted by molar-refractivity contribution is 6.33. The number of nitrogens with two attached hydrogens (primary N) is 1. The fraction of sp³-hybridized carbons (Fsp3) is 0.0714. The predicted octanol–water partition coefficient (Wildman–Crippen LogP) is 2.62. The van der Waals surface area contributed by atoms with Crippen molar-refractivity contribution in [2.45, 2.75) is 0 Å². The molecule has 0 aliphatic heterocycles. The van der Waals surface area contributed by atoms with Crippen LogP contribution in [0.25, 0.3) is 11.1 Å². The largest absolute Gasteiger partial charge is 0.494 e. The van der Waals surface area contributed by atoms with E-state index in [0.717, 1.165) is 11.1 Å². The van der Waals surface area contributed by atoms with Crippen molar-refractivity contribution in [3.05, 3.63) is 53.1 Å². The summed E-state index contributed by atoms with van der Waals surface area (Å²) in [4.78, 5) is 11.8. The predicted molar refractivity (Wildman–Crippen MR) is 75.1 cm³/mol. The van der Waals surface area contributed by atoms with Crippen molar-refractivity contribution in [2.75, 3.05) is 7.11 Å². The van der Waals surface area contributed by atoms with Crippen LogP contribution in [-0.2, 0) is 0 Å². The van der Waals surface area contributed by atoms with E-state index in [1.807, 2.05) is 30.3 Å². The van der Waals surface area contributed by atoms with Gasteiger partial charge in [0.1, 0.15) is 5.75 Å². The van der Waals surface area contributed by atoms with Gasteiger partial charge in [-0.05, 0) is 23.3 Å². The second-order valence-corrected chi connectivity index (χ2v) is 4.29. The smallest absolute Gasteiger partial charge is 0.269 e. The molecule has 0 saturated carbocycles. The zero-order chi connectivity index (χ0) is 13.8. The summed E-state index contributed by atoms with van der Waals surface area (Å²) in [6.07, 6.45) is 0. The molecule has 2 aromatic carbocycles. The first-order valence-electron chi connectivity index (χ1n) is 5.61. The fourth-order valence-electron chi connectivity index (χ4n) is 1.84. The van der Waals surface area contributed by atoms with Crippen molar-refractivity contribution in [3.63, 3.8) is 0 Å². The third-order valence-electron chi connectivity index (χ3n) is 2.73. The van der Waals surface area contributed by atoms with Gasteiger partial charge in [0.15, 0.2) is 0 Å². The number of nitrogen functional groups attached to an aromatic ring is 1. The van der Waals surface area contributed by atoms with Crippen LogP contribution in [0.3, 0.4) is 0 Å². The number of hydrogen-bond acceptors (Lipinski definition) is 3. The molecule has 0 aliphatic carbocycles. The number of rotatable bonds is 3. The number of hydrazine groups is 1. The Hall–Kier alpha value is -2.04. The Kier molecular flexibility index (Phi) is 4.04. The van der Waals surface area contributed by atoms with Crippen LogP contribution in [-0.4, -0.2) is 13.0 Å². The molecule has 1 amide bonds. The van der Waals surface area contributed by atoms with Crippen molar-refractivity contribution in [1.29, 1.82) is 0 Å². The third-order valence-corrected chi connectivity index (χ3v) is 3.01. The first kappa shape index (κ1) is 13.4. The highest BCUT2D eigenvalue weighted by atomic mass is 35.5. The molecule has 4 nitrogen and oxygen atoms in total. The maximum absolute atomic E-state index is 11.8. The van der Waals surface area contributed by atoms with Gasteiger partial charge in [-0.2, -0.15) is 0 Å². The minimum atomic E-state index is -0.448. The van der Waals surface area contributed by atoms with Gasteiger partial charge >= 0.3 is 0 Å². The van der Waals surface area contributed by atoms with Crippen LogP contribution in [0, 0.1) is 0 Å². The maximum atomic E-state index is 11.8. The maximum Gasteiger partial charge on any atom is 0.269 e. The lowest BCUT2D eigenvalue weighted by molar-refractivity contribution is 0.0950. The Morgan fingerprint density at radius 2 is 1.89 bits per heavy atom. The number of nitrogens with one attached hydrogen (secondary N) is 1. The molecule has 0 aliphatic rings. The van der Waals surface area contributed by atoms with Gasteiger partial charge < -0.3 is 4.74 Å². The number of halogens is 1. The van der Waals surface area contributed by atoms with E-state index in [9.17, 15) is 4.79 Å². The number of methoxy groups -OCH3 is 1. The summed E-state index contributed by atoms with van der Waals surface area (Å²) < 4.78 is 5.14. The molecule has 98 valence electrons. The van der Waals surface area contributed by atoms with Gasteiger partial charge in [-0.3, -0.25) is 10.2 Å². The average Bonchev–Trinajstić information content (AvgIpc) is 2.46. The Morgan fingerprint density at radius 1 is 1.21 bits per heavy atom. The van der Waals surface area contributed by atoms with Crippen LogP contribution in [0.4, 0.5) is 0 Å². The lowest BCUT2D eigenvalue weighted by atomic mass is 10.0. The van der Waals surface area contributed by atoms with Crippen LogP contribution >= 0.6 is 11.6 Å². The Morgan fingerprint density at radius 3 is 2.47 bits per heavy atom. The highest BCUT2D eigenvalue weighted by Crippen LogP contribution is 2.34. The molecule has 0 spiro atoms. The van der Waals surface area contributed by atoms with E-state index < -0.39 is 5.91 Å². The van der Waals surface area contributed by atoms with Crippen molar-refractivity contribution in [3.8, 4) is 16.9 Å². The van der Waals surface area contributed by atoms with Gasteiger partial charge in [-0.25, -0.2) is 5.84 Å². The van der Waals surface area contributed by atoms with Gasteiger partial charge in [0, 0.05) is 0 Å². The minimum Gasteiger partial charge on any atom is -0.494 e. The summed E-state index contributed by atoms with van der Waals surface area (Å²) >= 11 is 6.14. The van der Waals surface area contributed by atoms with Gasteiger partial charge in [0.25, 0.3) is 5.91 Å². The molecule has 0 saturated heterocycles. The summed E-state index contributed by atoms with van der Waals surface area (Å²) in [5.41, 5.74) is 4.17. The van der Waals surface area contributed by atoms with Crippen molar-refractivity contribution >= 4 is 17.5 Å². The first-order valence-corrected chi connectivity index (χ1v) is 5.99. The average molecular weight is 277 g/mol. The molecule has 2 rings (SSSR count). The van der Waals surface area contributed by atoms with Crippen molar-refractivity contribution in [2.24, 2.45) is 5.84 Å². The summed E-state index contributed by atoms with van der Waals surface area (Å²) in [7, 11) is 1.46. The second-order valence-electron chi connectivity index (χ2n) is 3.88. The highest BCUT2D eigenvalue weighted by Gasteiger charge is 2.16. The van der Waals surface area contributed by atoms with E-state index >= 15 is 0 Å².